The van der Waals surface area contributed by atoms with Gasteiger partial charge in [0.05, 0.1) is 7.11 Å². The fourth-order valence-electron chi connectivity index (χ4n) is 3.68. The molecule has 0 radical (unpaired) electrons. The van der Waals surface area contributed by atoms with Crippen LogP contribution in [0.3, 0.4) is 0 Å². The van der Waals surface area contributed by atoms with E-state index in [1.807, 2.05) is 25.1 Å². The molecule has 2 aromatic carbocycles. The minimum atomic E-state index is -0.442. The van der Waals surface area contributed by atoms with Gasteiger partial charge in [-0.15, -0.1) is 0 Å². The molecule has 0 saturated heterocycles. The summed E-state index contributed by atoms with van der Waals surface area (Å²) in [6.07, 6.45) is 6.80. The van der Waals surface area contributed by atoms with Gasteiger partial charge in [0.1, 0.15) is 11.5 Å². The van der Waals surface area contributed by atoms with Gasteiger partial charge in [0.2, 0.25) is 0 Å². The molecule has 0 fully saturated rings. The van der Waals surface area contributed by atoms with E-state index < -0.39 is 6.10 Å². The maximum Gasteiger partial charge on any atom is 0.261 e. The SMILES string of the molecule is CC[C@@H](Oc1ccc2c(c1)CCCC2)C(=O)NCCCc1ccc(OC)cc1. The number of ether oxygens (including phenoxy) is 2. The first-order chi connectivity index (χ1) is 13.7. The molecular weight excluding hydrogens is 350 g/mol. The van der Waals surface area contributed by atoms with Crippen molar-refractivity contribution in [1.82, 2.24) is 5.32 Å². The van der Waals surface area contributed by atoms with Crippen LogP contribution in [0.4, 0.5) is 0 Å². The Bertz CT molecular complexity index is 770. The highest BCUT2D eigenvalue weighted by Crippen LogP contribution is 2.26. The first-order valence-electron chi connectivity index (χ1n) is 10.4. The zero-order valence-electron chi connectivity index (χ0n) is 17.0. The molecule has 0 saturated carbocycles. The minimum absolute atomic E-state index is 0.0325. The predicted molar refractivity (Wildman–Crippen MR) is 112 cm³/mol. The van der Waals surface area contributed by atoms with Crippen molar-refractivity contribution in [2.24, 2.45) is 0 Å². The Hall–Kier alpha value is -2.49. The first-order valence-corrected chi connectivity index (χ1v) is 10.4. The summed E-state index contributed by atoms with van der Waals surface area (Å²) in [6.45, 7) is 2.63. The third-order valence-corrected chi connectivity index (χ3v) is 5.36. The van der Waals surface area contributed by atoms with Crippen LogP contribution in [0.5, 0.6) is 11.5 Å². The van der Waals surface area contributed by atoms with Crippen LogP contribution < -0.4 is 14.8 Å². The maximum absolute atomic E-state index is 12.5. The van der Waals surface area contributed by atoms with Crippen LogP contribution in [0, 0.1) is 0 Å². The standard InChI is InChI=1S/C24H31NO3/c1-3-23(28-22-15-12-19-8-4-5-9-20(19)17-22)24(26)25-16-6-7-18-10-13-21(27-2)14-11-18/h10-15,17,23H,3-9,16H2,1-2H3,(H,25,26)/t23-/m1/s1. The normalized spacial score (nSPS) is 14.1. The molecular formula is C24H31NO3. The van der Waals surface area contributed by atoms with Crippen molar-refractivity contribution in [1.29, 1.82) is 0 Å². The largest absolute Gasteiger partial charge is 0.497 e. The highest BCUT2D eigenvalue weighted by Gasteiger charge is 2.19. The van der Waals surface area contributed by atoms with E-state index in [1.54, 1.807) is 7.11 Å². The van der Waals surface area contributed by atoms with Crippen LogP contribution in [0.1, 0.15) is 49.3 Å². The summed E-state index contributed by atoms with van der Waals surface area (Å²) in [5.74, 6) is 1.64. The number of hydrogen-bond acceptors (Lipinski definition) is 3. The summed E-state index contributed by atoms with van der Waals surface area (Å²) >= 11 is 0. The highest BCUT2D eigenvalue weighted by molar-refractivity contribution is 5.81. The Morgan fingerprint density at radius 3 is 2.46 bits per heavy atom. The lowest BCUT2D eigenvalue weighted by atomic mass is 9.92. The van der Waals surface area contributed by atoms with E-state index in [1.165, 1.54) is 29.5 Å². The molecule has 0 aromatic heterocycles. The lowest BCUT2D eigenvalue weighted by Crippen LogP contribution is -2.38. The maximum atomic E-state index is 12.5. The van der Waals surface area contributed by atoms with E-state index in [4.69, 9.17) is 9.47 Å². The number of aryl methyl sites for hydroxylation is 3. The Labute approximate surface area is 168 Å². The van der Waals surface area contributed by atoms with Gasteiger partial charge in [-0.2, -0.15) is 0 Å². The van der Waals surface area contributed by atoms with Gasteiger partial charge in [-0.05, 0) is 85.9 Å². The van der Waals surface area contributed by atoms with Crippen LogP contribution in [-0.2, 0) is 24.1 Å². The molecule has 4 nitrogen and oxygen atoms in total. The molecule has 1 amide bonds. The number of hydrogen-bond donors (Lipinski definition) is 1. The second kappa shape index (κ2) is 10.2. The van der Waals surface area contributed by atoms with Gasteiger partial charge in [-0.25, -0.2) is 0 Å². The van der Waals surface area contributed by atoms with E-state index in [0.29, 0.717) is 13.0 Å². The monoisotopic (exact) mass is 381 g/mol. The average molecular weight is 382 g/mol. The number of nitrogens with one attached hydrogen (secondary N) is 1. The molecule has 1 atom stereocenters. The van der Waals surface area contributed by atoms with Crippen molar-refractivity contribution in [3.63, 3.8) is 0 Å². The van der Waals surface area contributed by atoms with Gasteiger partial charge in [0.15, 0.2) is 6.10 Å². The van der Waals surface area contributed by atoms with Gasteiger partial charge in [-0.1, -0.05) is 25.1 Å². The number of benzene rings is 2. The van der Waals surface area contributed by atoms with E-state index in [2.05, 4.69) is 29.6 Å². The number of methoxy groups -OCH3 is 1. The quantitative estimate of drug-likeness (QED) is 0.652. The fraction of sp³-hybridized carbons (Fsp3) is 0.458. The molecule has 150 valence electrons. The molecule has 1 aliphatic rings. The molecule has 0 spiro atoms. The summed E-state index contributed by atoms with van der Waals surface area (Å²) in [6, 6.07) is 14.3. The molecule has 4 heteroatoms. The molecule has 2 aromatic rings. The predicted octanol–water partition coefficient (Wildman–Crippen LogP) is 4.48. The fourth-order valence-corrected chi connectivity index (χ4v) is 3.68. The van der Waals surface area contributed by atoms with Crippen LogP contribution in [0.2, 0.25) is 0 Å². The third-order valence-electron chi connectivity index (χ3n) is 5.36. The smallest absolute Gasteiger partial charge is 0.261 e. The van der Waals surface area contributed by atoms with E-state index >= 15 is 0 Å². The molecule has 0 aliphatic heterocycles. The van der Waals surface area contributed by atoms with Gasteiger partial charge < -0.3 is 14.8 Å². The lowest BCUT2D eigenvalue weighted by molar-refractivity contribution is -0.128. The minimum Gasteiger partial charge on any atom is -0.497 e. The van der Waals surface area contributed by atoms with Crippen molar-refractivity contribution in [2.45, 2.75) is 58.0 Å². The van der Waals surface area contributed by atoms with Crippen molar-refractivity contribution >= 4 is 5.91 Å². The van der Waals surface area contributed by atoms with E-state index in [9.17, 15) is 4.79 Å². The molecule has 3 rings (SSSR count). The third kappa shape index (κ3) is 5.51. The zero-order valence-corrected chi connectivity index (χ0v) is 17.0. The second-order valence-corrected chi connectivity index (χ2v) is 7.40. The van der Waals surface area contributed by atoms with Crippen molar-refractivity contribution in [3.05, 3.63) is 59.2 Å². The summed E-state index contributed by atoms with van der Waals surface area (Å²) in [5, 5.41) is 3.02. The van der Waals surface area contributed by atoms with Crippen LogP contribution in [-0.4, -0.2) is 25.7 Å². The van der Waals surface area contributed by atoms with Crippen LogP contribution in [0.25, 0.3) is 0 Å². The van der Waals surface area contributed by atoms with Gasteiger partial charge in [0.25, 0.3) is 5.91 Å². The number of carbonyl (C=O) groups is 1. The van der Waals surface area contributed by atoms with Gasteiger partial charge >= 0.3 is 0 Å². The summed E-state index contributed by atoms with van der Waals surface area (Å²) in [5.41, 5.74) is 4.04. The number of amides is 1. The number of fused-ring (bicyclic) bond motifs is 1. The highest BCUT2D eigenvalue weighted by atomic mass is 16.5. The van der Waals surface area contributed by atoms with Crippen LogP contribution in [0.15, 0.2) is 42.5 Å². The molecule has 0 unspecified atom stereocenters. The molecule has 28 heavy (non-hydrogen) atoms. The topological polar surface area (TPSA) is 47.6 Å². The van der Waals surface area contributed by atoms with Crippen molar-refractivity contribution < 1.29 is 14.3 Å². The molecule has 1 aliphatic carbocycles. The summed E-state index contributed by atoms with van der Waals surface area (Å²) in [7, 11) is 1.67. The lowest BCUT2D eigenvalue weighted by Gasteiger charge is -2.20. The van der Waals surface area contributed by atoms with Crippen molar-refractivity contribution in [2.75, 3.05) is 13.7 Å². The molecule has 0 bridgehead atoms. The summed E-state index contributed by atoms with van der Waals surface area (Å²) in [4.78, 5) is 12.5. The Kier molecular flexibility index (Phi) is 7.35. The molecule has 0 heterocycles. The summed E-state index contributed by atoms with van der Waals surface area (Å²) < 4.78 is 11.2. The van der Waals surface area contributed by atoms with Crippen LogP contribution >= 0.6 is 0 Å². The number of carbonyl (C=O) groups excluding carboxylic acids is 1. The van der Waals surface area contributed by atoms with Gasteiger partial charge in [-0.3, -0.25) is 4.79 Å². The average Bonchev–Trinajstić information content (AvgIpc) is 2.75. The molecule has 1 N–H and O–H groups in total. The Morgan fingerprint density at radius 1 is 1.04 bits per heavy atom. The van der Waals surface area contributed by atoms with Crippen molar-refractivity contribution in [3.8, 4) is 11.5 Å². The Balaban J connectivity index is 1.45. The zero-order chi connectivity index (χ0) is 19.8. The Morgan fingerprint density at radius 2 is 1.75 bits per heavy atom. The van der Waals surface area contributed by atoms with E-state index in [0.717, 1.165) is 37.2 Å². The van der Waals surface area contributed by atoms with E-state index in [-0.39, 0.29) is 5.91 Å². The second-order valence-electron chi connectivity index (χ2n) is 7.40. The number of rotatable bonds is 9. The van der Waals surface area contributed by atoms with Gasteiger partial charge in [0, 0.05) is 6.54 Å². The first kappa shape index (κ1) is 20.2.